The Balaban J connectivity index is 2.14. The number of ether oxygens (including phenoxy) is 1. The number of H-pyrrole nitrogens is 1. The van der Waals surface area contributed by atoms with E-state index in [1.54, 1.807) is 6.20 Å². The molecule has 0 atom stereocenters. The fraction of sp³-hybridized carbons (Fsp3) is 0.188. The first-order valence-corrected chi connectivity index (χ1v) is 7.36. The minimum absolute atomic E-state index is 0.0431. The van der Waals surface area contributed by atoms with Crippen LogP contribution in [0.5, 0.6) is 5.75 Å². The van der Waals surface area contributed by atoms with E-state index in [0.29, 0.717) is 12.2 Å². The third kappa shape index (κ3) is 2.12. The lowest BCUT2D eigenvalue weighted by Gasteiger charge is -2.06. The van der Waals surface area contributed by atoms with Crippen molar-refractivity contribution < 1.29 is 9.53 Å². The number of thiophene rings is 1. The molecule has 0 unspecified atom stereocenters. The van der Waals surface area contributed by atoms with Gasteiger partial charge < -0.3 is 9.72 Å². The molecule has 0 fully saturated rings. The maximum absolute atomic E-state index is 12.6. The van der Waals surface area contributed by atoms with E-state index in [2.05, 4.69) is 4.98 Å². The van der Waals surface area contributed by atoms with Crippen molar-refractivity contribution >= 4 is 28.0 Å². The van der Waals surface area contributed by atoms with E-state index in [-0.39, 0.29) is 5.78 Å². The van der Waals surface area contributed by atoms with Crippen molar-refractivity contribution in [2.24, 2.45) is 0 Å². The van der Waals surface area contributed by atoms with Crippen LogP contribution in [0.4, 0.5) is 0 Å². The van der Waals surface area contributed by atoms with Gasteiger partial charge in [0.1, 0.15) is 5.75 Å². The van der Waals surface area contributed by atoms with Crippen molar-refractivity contribution in [3.05, 3.63) is 51.8 Å². The van der Waals surface area contributed by atoms with Gasteiger partial charge in [-0.1, -0.05) is 6.07 Å². The van der Waals surface area contributed by atoms with E-state index < -0.39 is 0 Å². The molecule has 0 amide bonds. The molecule has 3 rings (SSSR count). The number of benzene rings is 1. The van der Waals surface area contributed by atoms with E-state index in [0.717, 1.165) is 26.4 Å². The van der Waals surface area contributed by atoms with Crippen LogP contribution in [-0.2, 0) is 0 Å². The fourth-order valence-corrected chi connectivity index (χ4v) is 3.12. The fourth-order valence-electron chi connectivity index (χ4n) is 2.30. The number of carbonyl (C=O) groups excluding carboxylic acids is 1. The summed E-state index contributed by atoms with van der Waals surface area (Å²) in [5.74, 6) is 0.796. The molecule has 3 nitrogen and oxygen atoms in total. The smallest absolute Gasteiger partial charge is 0.205 e. The van der Waals surface area contributed by atoms with Gasteiger partial charge in [0.15, 0.2) is 0 Å². The molecule has 4 heteroatoms. The van der Waals surface area contributed by atoms with Gasteiger partial charge in [0.2, 0.25) is 5.78 Å². The van der Waals surface area contributed by atoms with Crippen LogP contribution in [0.25, 0.3) is 10.9 Å². The van der Waals surface area contributed by atoms with Crippen molar-refractivity contribution in [2.45, 2.75) is 13.8 Å². The van der Waals surface area contributed by atoms with E-state index in [9.17, 15) is 4.79 Å². The van der Waals surface area contributed by atoms with Crippen LogP contribution in [0.2, 0.25) is 0 Å². The molecule has 1 aromatic carbocycles. The molecule has 1 N–H and O–H groups in total. The minimum atomic E-state index is 0.0431. The van der Waals surface area contributed by atoms with Crippen molar-refractivity contribution in [1.82, 2.24) is 4.98 Å². The monoisotopic (exact) mass is 285 g/mol. The SMILES string of the molecule is CCOc1cccc2[nH]cc(C(=O)c3ccc(C)s3)c12. The topological polar surface area (TPSA) is 42.1 Å². The number of aromatic amines is 1. The first-order valence-electron chi connectivity index (χ1n) is 6.54. The van der Waals surface area contributed by atoms with Gasteiger partial charge in [0.05, 0.1) is 22.4 Å². The van der Waals surface area contributed by atoms with Gasteiger partial charge in [-0.15, -0.1) is 11.3 Å². The Bertz CT molecular complexity index is 770. The Labute approximate surface area is 121 Å². The quantitative estimate of drug-likeness (QED) is 0.731. The first-order chi connectivity index (χ1) is 9.70. The number of fused-ring (bicyclic) bond motifs is 1. The third-order valence-corrected chi connectivity index (χ3v) is 4.18. The van der Waals surface area contributed by atoms with Crippen molar-refractivity contribution in [3.8, 4) is 5.75 Å². The largest absolute Gasteiger partial charge is 0.493 e. The van der Waals surface area contributed by atoms with Gasteiger partial charge in [-0.05, 0) is 38.1 Å². The zero-order valence-electron chi connectivity index (χ0n) is 11.4. The molecule has 20 heavy (non-hydrogen) atoms. The van der Waals surface area contributed by atoms with Crippen molar-refractivity contribution in [2.75, 3.05) is 6.61 Å². The summed E-state index contributed by atoms with van der Waals surface area (Å²) in [6, 6.07) is 9.62. The Morgan fingerprint density at radius 1 is 1.30 bits per heavy atom. The number of hydrogen-bond donors (Lipinski definition) is 1. The average Bonchev–Trinajstić information content (AvgIpc) is 3.05. The molecule has 0 saturated carbocycles. The highest BCUT2D eigenvalue weighted by atomic mass is 32.1. The van der Waals surface area contributed by atoms with Crippen LogP contribution >= 0.6 is 11.3 Å². The molecule has 0 aliphatic rings. The molecular weight excluding hydrogens is 270 g/mol. The highest BCUT2D eigenvalue weighted by molar-refractivity contribution is 7.14. The summed E-state index contributed by atoms with van der Waals surface area (Å²) in [5, 5.41) is 0.866. The molecule has 0 bridgehead atoms. The molecule has 2 heterocycles. The number of ketones is 1. The van der Waals surface area contributed by atoms with Crippen LogP contribution < -0.4 is 4.74 Å². The van der Waals surface area contributed by atoms with Gasteiger partial charge in [-0.25, -0.2) is 0 Å². The average molecular weight is 285 g/mol. The van der Waals surface area contributed by atoms with E-state index in [1.807, 2.05) is 44.2 Å². The molecule has 0 spiro atoms. The number of aromatic nitrogens is 1. The van der Waals surface area contributed by atoms with Crippen LogP contribution in [0.1, 0.15) is 27.0 Å². The van der Waals surface area contributed by atoms with Gasteiger partial charge in [-0.2, -0.15) is 0 Å². The van der Waals surface area contributed by atoms with Crippen LogP contribution in [-0.4, -0.2) is 17.4 Å². The standard InChI is InChI=1S/C16H15NO2S/c1-3-19-13-6-4-5-12-15(13)11(9-17-12)16(18)14-8-7-10(2)20-14/h4-9,17H,3H2,1-2H3. The molecule has 0 radical (unpaired) electrons. The lowest BCUT2D eigenvalue weighted by atomic mass is 10.1. The zero-order valence-corrected chi connectivity index (χ0v) is 12.2. The van der Waals surface area contributed by atoms with Gasteiger partial charge in [0.25, 0.3) is 0 Å². The minimum Gasteiger partial charge on any atom is -0.493 e. The summed E-state index contributed by atoms with van der Waals surface area (Å²) in [7, 11) is 0. The van der Waals surface area contributed by atoms with E-state index in [1.165, 1.54) is 11.3 Å². The van der Waals surface area contributed by atoms with Crippen LogP contribution in [0, 0.1) is 6.92 Å². The summed E-state index contributed by atoms with van der Waals surface area (Å²) in [4.78, 5) is 17.7. The second-order valence-corrected chi connectivity index (χ2v) is 5.84. The normalized spacial score (nSPS) is 10.9. The summed E-state index contributed by atoms with van der Waals surface area (Å²) < 4.78 is 5.64. The summed E-state index contributed by atoms with van der Waals surface area (Å²) >= 11 is 1.52. The van der Waals surface area contributed by atoms with E-state index in [4.69, 9.17) is 4.74 Å². The third-order valence-electron chi connectivity index (χ3n) is 3.18. The second kappa shape index (κ2) is 5.13. The Morgan fingerprint density at radius 3 is 2.85 bits per heavy atom. The Kier molecular flexibility index (Phi) is 3.32. The Hall–Kier alpha value is -2.07. The van der Waals surface area contributed by atoms with Gasteiger partial charge in [-0.3, -0.25) is 4.79 Å². The molecule has 0 aliphatic carbocycles. The lowest BCUT2D eigenvalue weighted by molar-refractivity contribution is 0.104. The Morgan fingerprint density at radius 2 is 2.15 bits per heavy atom. The van der Waals surface area contributed by atoms with E-state index >= 15 is 0 Å². The number of nitrogens with one attached hydrogen (secondary N) is 1. The maximum Gasteiger partial charge on any atom is 0.205 e. The molecule has 2 aromatic heterocycles. The van der Waals surface area contributed by atoms with Gasteiger partial charge in [0, 0.05) is 16.6 Å². The predicted octanol–water partition coefficient (Wildman–Crippen LogP) is 4.17. The molecule has 0 aliphatic heterocycles. The number of carbonyl (C=O) groups is 1. The number of rotatable bonds is 4. The summed E-state index contributed by atoms with van der Waals surface area (Å²) in [5.41, 5.74) is 1.60. The van der Waals surface area contributed by atoms with Crippen molar-refractivity contribution in [1.29, 1.82) is 0 Å². The maximum atomic E-state index is 12.6. The molecule has 102 valence electrons. The molecular formula is C16H15NO2S. The molecule has 0 saturated heterocycles. The van der Waals surface area contributed by atoms with Gasteiger partial charge >= 0.3 is 0 Å². The summed E-state index contributed by atoms with van der Waals surface area (Å²) in [6.07, 6.45) is 1.77. The lowest BCUT2D eigenvalue weighted by Crippen LogP contribution is -1.99. The number of hydrogen-bond acceptors (Lipinski definition) is 3. The predicted molar refractivity (Wildman–Crippen MR) is 82.0 cm³/mol. The first kappa shape index (κ1) is 12.9. The van der Waals surface area contributed by atoms with Crippen LogP contribution in [0.15, 0.2) is 36.5 Å². The second-order valence-electron chi connectivity index (χ2n) is 4.55. The van der Waals surface area contributed by atoms with Crippen LogP contribution in [0.3, 0.4) is 0 Å². The highest BCUT2D eigenvalue weighted by Gasteiger charge is 2.18. The zero-order chi connectivity index (χ0) is 14.1. The summed E-state index contributed by atoms with van der Waals surface area (Å²) in [6.45, 7) is 4.52. The molecule has 3 aromatic rings. The van der Waals surface area contributed by atoms with Crippen molar-refractivity contribution in [3.63, 3.8) is 0 Å². The highest BCUT2D eigenvalue weighted by Crippen LogP contribution is 2.31. The number of aryl methyl sites for hydroxylation is 1.